The Bertz CT molecular complexity index is 632. The summed E-state index contributed by atoms with van der Waals surface area (Å²) in [6, 6.07) is -5.06. The number of rotatable bonds is 17. The van der Waals surface area contributed by atoms with Crippen LogP contribution < -0.4 is 33.2 Å². The van der Waals surface area contributed by atoms with Gasteiger partial charge >= 0.3 is 5.97 Å². The first-order valence-electron chi connectivity index (χ1n) is 11.1. The molecule has 13 heteroatoms. The molecule has 0 aromatic rings. The molecule has 0 aromatic carbocycles. The molecule has 0 saturated carbocycles. The maximum atomic E-state index is 12.8. The van der Waals surface area contributed by atoms with Gasteiger partial charge in [0.25, 0.3) is 0 Å². The number of aliphatic hydroxyl groups is 2. The summed E-state index contributed by atoms with van der Waals surface area (Å²) in [4.78, 5) is 49.2. The van der Waals surface area contributed by atoms with Gasteiger partial charge in [-0.2, -0.15) is 0 Å². The van der Waals surface area contributed by atoms with E-state index in [1.165, 1.54) is 13.8 Å². The van der Waals surface area contributed by atoms with Gasteiger partial charge in [0, 0.05) is 0 Å². The van der Waals surface area contributed by atoms with Gasteiger partial charge in [0.15, 0.2) is 0 Å². The molecule has 0 aliphatic rings. The maximum absolute atomic E-state index is 12.8. The molecule has 192 valence electrons. The van der Waals surface area contributed by atoms with Crippen molar-refractivity contribution in [1.29, 1.82) is 0 Å². The van der Waals surface area contributed by atoms with Crippen LogP contribution >= 0.6 is 0 Å². The first kappa shape index (κ1) is 30.7. The zero-order chi connectivity index (χ0) is 25.6. The molecule has 0 rings (SSSR count). The summed E-state index contributed by atoms with van der Waals surface area (Å²) in [7, 11) is 0. The predicted octanol–water partition coefficient (Wildman–Crippen LogP) is -3.13. The number of hydrogen-bond acceptors (Lipinski definition) is 9. The molecule has 6 unspecified atom stereocenters. The van der Waals surface area contributed by atoms with Crippen molar-refractivity contribution in [2.75, 3.05) is 13.1 Å². The molecule has 13 nitrogen and oxygen atoms in total. The van der Waals surface area contributed by atoms with E-state index in [0.29, 0.717) is 38.8 Å². The first-order valence-corrected chi connectivity index (χ1v) is 11.1. The third-order valence-electron chi connectivity index (χ3n) is 5.03. The fraction of sp³-hybridized carbons (Fsp3) is 0.800. The van der Waals surface area contributed by atoms with Crippen LogP contribution in [-0.2, 0) is 19.2 Å². The summed E-state index contributed by atoms with van der Waals surface area (Å²) >= 11 is 0. The van der Waals surface area contributed by atoms with Crippen molar-refractivity contribution in [3.63, 3.8) is 0 Å². The van der Waals surface area contributed by atoms with Gasteiger partial charge in [-0.05, 0) is 65.5 Å². The second-order valence-corrected chi connectivity index (χ2v) is 8.02. The number of unbranched alkanes of at least 4 members (excludes halogenated alkanes) is 2. The van der Waals surface area contributed by atoms with Gasteiger partial charge in [0.1, 0.15) is 24.2 Å². The number of amides is 3. The third kappa shape index (κ3) is 11.9. The highest BCUT2D eigenvalue weighted by atomic mass is 16.4. The van der Waals surface area contributed by atoms with Crippen molar-refractivity contribution in [2.24, 2.45) is 17.2 Å². The lowest BCUT2D eigenvalue weighted by molar-refractivity contribution is -0.142. The Morgan fingerprint density at radius 2 is 1.21 bits per heavy atom. The quantitative estimate of drug-likeness (QED) is 0.0955. The van der Waals surface area contributed by atoms with Gasteiger partial charge in [-0.25, -0.2) is 4.79 Å². The number of hydrogen-bond donors (Lipinski definition) is 9. The number of aliphatic carboxylic acids is 1. The van der Waals surface area contributed by atoms with E-state index in [0.717, 1.165) is 0 Å². The molecule has 0 saturated heterocycles. The molecule has 3 amide bonds. The third-order valence-corrected chi connectivity index (χ3v) is 5.03. The molecule has 33 heavy (non-hydrogen) atoms. The highest BCUT2D eigenvalue weighted by Crippen LogP contribution is 2.06. The zero-order valence-corrected chi connectivity index (χ0v) is 19.3. The molecule has 0 aromatic heterocycles. The molecule has 0 aliphatic heterocycles. The Hall–Kier alpha value is -2.32. The lowest BCUT2D eigenvalue weighted by Crippen LogP contribution is -2.60. The van der Waals surface area contributed by atoms with E-state index >= 15 is 0 Å². The average molecular weight is 477 g/mol. The van der Waals surface area contributed by atoms with Crippen LogP contribution in [0.3, 0.4) is 0 Å². The summed E-state index contributed by atoms with van der Waals surface area (Å²) in [6.07, 6.45) is -0.0617. The Balaban J connectivity index is 5.40. The number of carboxylic acids is 1. The van der Waals surface area contributed by atoms with Gasteiger partial charge < -0.3 is 48.5 Å². The second kappa shape index (κ2) is 16.3. The monoisotopic (exact) mass is 476 g/mol. The Kier molecular flexibility index (Phi) is 15.2. The molecule has 6 atom stereocenters. The van der Waals surface area contributed by atoms with Crippen LogP contribution in [0, 0.1) is 0 Å². The number of nitrogens with one attached hydrogen (secondary N) is 3. The average Bonchev–Trinajstić information content (AvgIpc) is 2.74. The lowest BCUT2D eigenvalue weighted by atomic mass is 10.0. The van der Waals surface area contributed by atoms with Crippen molar-refractivity contribution in [1.82, 2.24) is 16.0 Å². The Morgan fingerprint density at radius 3 is 1.64 bits per heavy atom. The van der Waals surface area contributed by atoms with Crippen LogP contribution in [0.4, 0.5) is 0 Å². The van der Waals surface area contributed by atoms with E-state index in [2.05, 4.69) is 16.0 Å². The van der Waals surface area contributed by atoms with E-state index < -0.39 is 60.1 Å². The maximum Gasteiger partial charge on any atom is 0.326 e. The minimum absolute atomic E-state index is 0.164. The predicted molar refractivity (Wildman–Crippen MR) is 121 cm³/mol. The molecular formula is C20H40N6O7. The highest BCUT2D eigenvalue weighted by molar-refractivity contribution is 5.94. The topological polar surface area (TPSA) is 243 Å². The standard InChI is InChI=1S/C20H40N6O7/c1-11(27)15(23)18(30)26-16(12(2)28)19(31)24-13(7-3-5-9-21)17(29)25-14(20(32)33)8-4-6-10-22/h11-16,27-28H,3-10,21-23H2,1-2H3,(H,24,31)(H,25,29)(H,26,30)(H,32,33). The van der Waals surface area contributed by atoms with Gasteiger partial charge in [-0.1, -0.05) is 0 Å². The van der Waals surface area contributed by atoms with Gasteiger partial charge in [0.05, 0.1) is 12.2 Å². The Morgan fingerprint density at radius 1 is 0.727 bits per heavy atom. The zero-order valence-electron chi connectivity index (χ0n) is 19.3. The van der Waals surface area contributed by atoms with Gasteiger partial charge in [-0.15, -0.1) is 0 Å². The van der Waals surface area contributed by atoms with Gasteiger partial charge in [-0.3, -0.25) is 14.4 Å². The highest BCUT2D eigenvalue weighted by Gasteiger charge is 2.32. The summed E-state index contributed by atoms with van der Waals surface area (Å²) in [5, 5.41) is 36.0. The first-order chi connectivity index (χ1) is 15.5. The largest absolute Gasteiger partial charge is 0.480 e. The minimum Gasteiger partial charge on any atom is -0.480 e. The van der Waals surface area contributed by atoms with Gasteiger partial charge in [0.2, 0.25) is 17.7 Å². The molecular weight excluding hydrogens is 436 g/mol. The molecule has 0 bridgehead atoms. The van der Waals surface area contributed by atoms with E-state index in [9.17, 15) is 34.5 Å². The van der Waals surface area contributed by atoms with Crippen LogP contribution in [0.15, 0.2) is 0 Å². The van der Waals surface area contributed by atoms with Crippen LogP contribution in [0.5, 0.6) is 0 Å². The number of aliphatic hydroxyl groups excluding tert-OH is 2. The molecule has 0 spiro atoms. The molecule has 12 N–H and O–H groups in total. The van der Waals surface area contributed by atoms with Crippen molar-refractivity contribution in [3.8, 4) is 0 Å². The van der Waals surface area contributed by atoms with E-state index in [1.54, 1.807) is 0 Å². The molecule has 0 heterocycles. The molecule has 0 fully saturated rings. The number of carbonyl (C=O) groups excluding carboxylic acids is 3. The van der Waals surface area contributed by atoms with Crippen molar-refractivity contribution in [2.45, 2.75) is 88.7 Å². The SMILES string of the molecule is CC(O)C(N)C(=O)NC(C(=O)NC(CCCCN)C(=O)NC(CCCCN)C(=O)O)C(C)O. The van der Waals surface area contributed by atoms with Crippen LogP contribution in [0.25, 0.3) is 0 Å². The van der Waals surface area contributed by atoms with Crippen molar-refractivity contribution < 1.29 is 34.5 Å². The molecule has 0 radical (unpaired) electrons. The summed E-state index contributed by atoms with van der Waals surface area (Å²) < 4.78 is 0. The van der Waals surface area contributed by atoms with Crippen molar-refractivity contribution in [3.05, 3.63) is 0 Å². The van der Waals surface area contributed by atoms with E-state index in [4.69, 9.17) is 17.2 Å². The van der Waals surface area contributed by atoms with E-state index in [-0.39, 0.29) is 12.8 Å². The lowest BCUT2D eigenvalue weighted by Gasteiger charge is -2.27. The van der Waals surface area contributed by atoms with E-state index in [1.807, 2.05) is 0 Å². The normalized spacial score (nSPS) is 16.6. The number of carboxylic acid groups (broad SMARTS) is 1. The number of carbonyl (C=O) groups is 4. The summed E-state index contributed by atoms with van der Waals surface area (Å²) in [6.45, 7) is 3.32. The Labute approximate surface area is 193 Å². The summed E-state index contributed by atoms with van der Waals surface area (Å²) in [5.74, 6) is -3.65. The molecule has 0 aliphatic carbocycles. The second-order valence-electron chi connectivity index (χ2n) is 8.02. The van der Waals surface area contributed by atoms with Crippen molar-refractivity contribution >= 4 is 23.7 Å². The summed E-state index contributed by atoms with van der Waals surface area (Å²) in [5.41, 5.74) is 16.5. The number of nitrogens with two attached hydrogens (primary N) is 3. The van der Waals surface area contributed by atoms with Crippen LogP contribution in [0.2, 0.25) is 0 Å². The smallest absolute Gasteiger partial charge is 0.326 e. The minimum atomic E-state index is -1.45. The van der Waals surface area contributed by atoms with Crippen LogP contribution in [0.1, 0.15) is 52.4 Å². The van der Waals surface area contributed by atoms with Crippen LogP contribution in [-0.4, -0.2) is 88.5 Å². The fourth-order valence-corrected chi connectivity index (χ4v) is 2.92. The fourth-order valence-electron chi connectivity index (χ4n) is 2.92.